The molecule has 33 heavy (non-hydrogen) atoms. The van der Waals surface area contributed by atoms with Crippen molar-refractivity contribution >= 4 is 11.9 Å². The van der Waals surface area contributed by atoms with Crippen LogP contribution in [0, 0.1) is 43.0 Å². The number of amides is 1. The zero-order valence-electron chi connectivity index (χ0n) is 17.9. The fraction of sp³-hybridized carbons (Fsp3) is 0.381. The van der Waals surface area contributed by atoms with Crippen LogP contribution in [0.15, 0.2) is 18.3 Å². The molecule has 2 aromatic heterocycles. The summed E-state index contributed by atoms with van der Waals surface area (Å²) in [7, 11) is 0. The van der Waals surface area contributed by atoms with Gasteiger partial charge in [-0.1, -0.05) is 0 Å². The van der Waals surface area contributed by atoms with Crippen LogP contribution in [0.25, 0.3) is 5.82 Å². The molecule has 0 aliphatic carbocycles. The summed E-state index contributed by atoms with van der Waals surface area (Å²) in [5, 5.41) is 6.69. The lowest BCUT2D eigenvalue weighted by Gasteiger charge is -2.31. The van der Waals surface area contributed by atoms with Gasteiger partial charge in [-0.15, -0.1) is 5.10 Å². The predicted molar refractivity (Wildman–Crippen MR) is 109 cm³/mol. The highest BCUT2D eigenvalue weighted by Crippen LogP contribution is 2.23. The van der Waals surface area contributed by atoms with Crippen molar-refractivity contribution in [2.45, 2.75) is 33.2 Å². The fourth-order valence-electron chi connectivity index (χ4n) is 3.78. The molecule has 0 atom stereocenters. The molecule has 1 saturated heterocycles. The predicted octanol–water partition coefficient (Wildman–Crippen LogP) is 2.76. The molecule has 8 nitrogen and oxygen atoms in total. The summed E-state index contributed by atoms with van der Waals surface area (Å²) in [5.41, 5.74) is -0.260. The summed E-state index contributed by atoms with van der Waals surface area (Å²) >= 11 is 0. The number of nitrogens with one attached hydrogen (secondary N) is 1. The zero-order chi connectivity index (χ0) is 23.7. The van der Waals surface area contributed by atoms with Crippen molar-refractivity contribution in [3.8, 4) is 5.82 Å². The third kappa shape index (κ3) is 4.78. The number of aromatic nitrogens is 5. The van der Waals surface area contributed by atoms with Crippen LogP contribution < -0.4 is 10.2 Å². The number of halogens is 4. The Balaban J connectivity index is 1.38. The first-order valence-corrected chi connectivity index (χ1v) is 10.3. The van der Waals surface area contributed by atoms with Gasteiger partial charge in [-0.3, -0.25) is 4.79 Å². The first-order chi connectivity index (χ1) is 15.7. The lowest BCUT2D eigenvalue weighted by molar-refractivity contribution is -0.125. The lowest BCUT2D eigenvalue weighted by atomic mass is 9.96. The molecule has 1 aromatic carbocycles. The third-order valence-electron chi connectivity index (χ3n) is 5.46. The zero-order valence-corrected chi connectivity index (χ0v) is 17.9. The van der Waals surface area contributed by atoms with Crippen LogP contribution in [-0.4, -0.2) is 43.7 Å². The number of benzene rings is 1. The van der Waals surface area contributed by atoms with E-state index in [1.54, 1.807) is 13.8 Å². The Morgan fingerprint density at radius 2 is 1.82 bits per heavy atom. The van der Waals surface area contributed by atoms with Gasteiger partial charge in [0.25, 0.3) is 0 Å². The van der Waals surface area contributed by atoms with Crippen LogP contribution in [0.4, 0.5) is 23.5 Å². The minimum absolute atomic E-state index is 0.0117. The van der Waals surface area contributed by atoms with Crippen LogP contribution in [0.2, 0.25) is 0 Å². The van der Waals surface area contributed by atoms with Crippen LogP contribution >= 0.6 is 0 Å². The van der Waals surface area contributed by atoms with E-state index in [4.69, 9.17) is 0 Å². The molecule has 1 N–H and O–H groups in total. The molecular formula is C21H21F4N7O. The molecule has 1 aliphatic rings. The Bertz CT molecular complexity index is 1190. The average molecular weight is 463 g/mol. The van der Waals surface area contributed by atoms with Crippen molar-refractivity contribution in [2.24, 2.45) is 5.92 Å². The summed E-state index contributed by atoms with van der Waals surface area (Å²) < 4.78 is 56.0. The van der Waals surface area contributed by atoms with Crippen molar-refractivity contribution in [3.63, 3.8) is 0 Å². The first-order valence-electron chi connectivity index (χ1n) is 10.3. The van der Waals surface area contributed by atoms with Crippen LogP contribution in [0.1, 0.15) is 30.1 Å². The van der Waals surface area contributed by atoms with E-state index in [2.05, 4.69) is 25.4 Å². The van der Waals surface area contributed by atoms with E-state index in [-0.39, 0.29) is 29.8 Å². The minimum atomic E-state index is -1.30. The monoisotopic (exact) mass is 463 g/mol. The molecule has 0 spiro atoms. The highest BCUT2D eigenvalue weighted by molar-refractivity contribution is 5.79. The number of aryl methyl sites for hydroxylation is 2. The highest BCUT2D eigenvalue weighted by atomic mass is 19.2. The van der Waals surface area contributed by atoms with Gasteiger partial charge in [-0.05, 0) is 32.8 Å². The first kappa shape index (κ1) is 22.6. The van der Waals surface area contributed by atoms with Crippen molar-refractivity contribution in [1.82, 2.24) is 30.0 Å². The van der Waals surface area contributed by atoms with E-state index in [0.717, 1.165) is 12.3 Å². The molecule has 4 rings (SSSR count). The molecule has 0 bridgehead atoms. The van der Waals surface area contributed by atoms with Gasteiger partial charge in [-0.2, -0.15) is 9.67 Å². The van der Waals surface area contributed by atoms with Gasteiger partial charge >= 0.3 is 0 Å². The maximum absolute atomic E-state index is 14.3. The number of rotatable bonds is 5. The molecule has 174 valence electrons. The van der Waals surface area contributed by atoms with E-state index >= 15 is 0 Å². The SMILES string of the molecule is Cc1nc(C)n(-c2nc(N3CCC(C(=O)NCc4cc(F)cc(F)c4F)CC3)ncc2F)n1. The van der Waals surface area contributed by atoms with Crippen LogP contribution in [-0.2, 0) is 11.3 Å². The number of anilines is 1. The average Bonchev–Trinajstić information content (AvgIpc) is 3.13. The number of piperidine rings is 1. The molecule has 1 fully saturated rings. The van der Waals surface area contributed by atoms with E-state index < -0.39 is 23.3 Å². The van der Waals surface area contributed by atoms with E-state index in [9.17, 15) is 22.4 Å². The lowest BCUT2D eigenvalue weighted by Crippen LogP contribution is -2.41. The molecule has 3 heterocycles. The number of hydrogen-bond acceptors (Lipinski definition) is 6. The normalized spacial score (nSPS) is 14.5. The molecular weight excluding hydrogens is 442 g/mol. The maximum Gasteiger partial charge on any atom is 0.227 e. The fourth-order valence-corrected chi connectivity index (χ4v) is 3.78. The number of hydrogen-bond donors (Lipinski definition) is 1. The molecule has 1 aliphatic heterocycles. The van der Waals surface area contributed by atoms with Crippen LogP contribution in [0.3, 0.4) is 0 Å². The van der Waals surface area contributed by atoms with Gasteiger partial charge in [-0.25, -0.2) is 27.5 Å². The van der Waals surface area contributed by atoms with Gasteiger partial charge in [0.2, 0.25) is 11.9 Å². The highest BCUT2D eigenvalue weighted by Gasteiger charge is 2.27. The van der Waals surface area contributed by atoms with E-state index in [1.807, 2.05) is 4.90 Å². The smallest absolute Gasteiger partial charge is 0.227 e. The van der Waals surface area contributed by atoms with Crippen molar-refractivity contribution in [2.75, 3.05) is 18.0 Å². The molecule has 0 unspecified atom stereocenters. The Kier molecular flexibility index (Phi) is 6.25. The topological polar surface area (TPSA) is 88.8 Å². The number of carbonyl (C=O) groups excluding carboxylic acids is 1. The molecule has 3 aromatic rings. The second kappa shape index (κ2) is 9.12. The second-order valence-corrected chi connectivity index (χ2v) is 7.80. The van der Waals surface area contributed by atoms with Gasteiger partial charge in [0.15, 0.2) is 23.3 Å². The summed E-state index contributed by atoms with van der Waals surface area (Å²) in [6.07, 6.45) is 1.96. The summed E-state index contributed by atoms with van der Waals surface area (Å²) in [5.74, 6) is -3.49. The summed E-state index contributed by atoms with van der Waals surface area (Å²) in [6.45, 7) is 3.93. The number of nitrogens with zero attached hydrogens (tertiary/aromatic N) is 6. The Morgan fingerprint density at radius 3 is 2.48 bits per heavy atom. The van der Waals surface area contributed by atoms with Gasteiger partial charge in [0, 0.05) is 37.2 Å². The van der Waals surface area contributed by atoms with Gasteiger partial charge < -0.3 is 10.2 Å². The van der Waals surface area contributed by atoms with Crippen LogP contribution in [0.5, 0.6) is 0 Å². The Morgan fingerprint density at radius 1 is 1.09 bits per heavy atom. The molecule has 1 amide bonds. The second-order valence-electron chi connectivity index (χ2n) is 7.80. The van der Waals surface area contributed by atoms with Crippen molar-refractivity contribution in [3.05, 3.63) is 58.8 Å². The minimum Gasteiger partial charge on any atom is -0.352 e. The molecule has 0 saturated carbocycles. The Labute approximate surface area is 186 Å². The summed E-state index contributed by atoms with van der Waals surface area (Å²) in [4.78, 5) is 26.8. The Hall–Kier alpha value is -3.57. The van der Waals surface area contributed by atoms with Crippen molar-refractivity contribution < 1.29 is 22.4 Å². The molecule has 0 radical (unpaired) electrons. The van der Waals surface area contributed by atoms with Gasteiger partial charge in [0.1, 0.15) is 17.5 Å². The maximum atomic E-state index is 14.3. The quantitative estimate of drug-likeness (QED) is 0.463. The van der Waals surface area contributed by atoms with E-state index in [0.29, 0.717) is 49.6 Å². The summed E-state index contributed by atoms with van der Waals surface area (Å²) in [6, 6.07) is 1.30. The van der Waals surface area contributed by atoms with E-state index in [1.165, 1.54) is 4.68 Å². The largest absolute Gasteiger partial charge is 0.352 e. The van der Waals surface area contributed by atoms with Crippen molar-refractivity contribution in [1.29, 1.82) is 0 Å². The standard InChI is InChI=1S/C21H21F4N7O/c1-11-28-12(2)32(30-11)19-17(24)10-27-21(29-19)31-5-3-13(4-6-31)20(33)26-9-14-7-15(22)8-16(23)18(14)25/h7-8,10,13H,3-6,9H2,1-2H3,(H,26,33). The molecule has 12 heteroatoms. The number of carbonyl (C=O) groups is 1. The van der Waals surface area contributed by atoms with Gasteiger partial charge in [0.05, 0.1) is 6.20 Å². The third-order valence-corrected chi connectivity index (χ3v) is 5.46.